The van der Waals surface area contributed by atoms with Crippen LogP contribution < -0.4 is 5.73 Å². The van der Waals surface area contributed by atoms with E-state index in [1.165, 1.54) is 0 Å². The highest BCUT2D eigenvalue weighted by Gasteiger charge is 2.15. The number of benzene rings is 1. The van der Waals surface area contributed by atoms with Crippen LogP contribution in [0.3, 0.4) is 0 Å². The maximum Gasteiger partial charge on any atom is 0.284 e. The van der Waals surface area contributed by atoms with Crippen molar-refractivity contribution in [2.45, 2.75) is 11.8 Å². The van der Waals surface area contributed by atoms with Gasteiger partial charge in [0, 0.05) is 12.1 Å². The number of thioether (sulfide) groups is 1. The Bertz CT molecular complexity index is 566. The Hall–Kier alpha value is -1.61. The van der Waals surface area contributed by atoms with Gasteiger partial charge in [-0.3, -0.25) is 10.1 Å². The molecule has 7 nitrogen and oxygen atoms in total. The molecule has 0 saturated heterocycles. The van der Waals surface area contributed by atoms with E-state index in [4.69, 9.17) is 5.73 Å². The first-order valence-corrected chi connectivity index (χ1v) is 7.27. The van der Waals surface area contributed by atoms with Gasteiger partial charge in [0.15, 0.2) is 5.17 Å². The molecular formula is C9H11N3O4S2. The van der Waals surface area contributed by atoms with Crippen LogP contribution in [0.5, 0.6) is 0 Å². The molecule has 1 rings (SSSR count). The molecule has 0 aromatic heterocycles. The lowest BCUT2D eigenvalue weighted by atomic mass is 10.3. The highest BCUT2D eigenvalue weighted by Crippen LogP contribution is 2.18. The predicted octanol–water partition coefficient (Wildman–Crippen LogP) is 1.35. The van der Waals surface area contributed by atoms with Crippen molar-refractivity contribution in [2.24, 2.45) is 10.1 Å². The van der Waals surface area contributed by atoms with Crippen LogP contribution in [-0.2, 0) is 10.0 Å². The molecular weight excluding hydrogens is 278 g/mol. The van der Waals surface area contributed by atoms with Gasteiger partial charge in [-0.05, 0) is 17.9 Å². The van der Waals surface area contributed by atoms with Gasteiger partial charge in [-0.25, -0.2) is 0 Å². The first-order valence-electron chi connectivity index (χ1n) is 4.84. The summed E-state index contributed by atoms with van der Waals surface area (Å²) in [6.45, 7) is 1.81. The molecule has 9 heteroatoms. The summed E-state index contributed by atoms with van der Waals surface area (Å²) in [6, 6.07) is 4.46. The monoisotopic (exact) mass is 289 g/mol. The average Bonchev–Trinajstić information content (AvgIpc) is 2.28. The SMILES string of the molecule is CCSC(N)=NS(=O)(=O)c1ccc([N+](=O)[O-])cc1. The Labute approximate surface area is 108 Å². The number of hydrogen-bond donors (Lipinski definition) is 1. The van der Waals surface area contributed by atoms with Gasteiger partial charge >= 0.3 is 0 Å². The minimum absolute atomic E-state index is 0.0594. The van der Waals surface area contributed by atoms with Gasteiger partial charge in [0.05, 0.1) is 9.82 Å². The molecule has 0 atom stereocenters. The van der Waals surface area contributed by atoms with E-state index < -0.39 is 14.9 Å². The fourth-order valence-corrected chi connectivity index (χ4v) is 2.71. The molecule has 0 heterocycles. The molecule has 1 aromatic rings. The fourth-order valence-electron chi connectivity index (χ4n) is 1.09. The van der Waals surface area contributed by atoms with Crippen molar-refractivity contribution in [2.75, 3.05) is 5.75 Å². The molecule has 2 N–H and O–H groups in total. The Balaban J connectivity index is 3.06. The molecule has 0 aliphatic heterocycles. The van der Waals surface area contributed by atoms with Gasteiger partial charge in [-0.1, -0.05) is 18.7 Å². The Kier molecular flexibility index (Phi) is 4.68. The van der Waals surface area contributed by atoms with Gasteiger partial charge in [0.1, 0.15) is 0 Å². The Morgan fingerprint density at radius 1 is 1.44 bits per heavy atom. The summed E-state index contributed by atoms with van der Waals surface area (Å²) in [7, 11) is -3.90. The predicted molar refractivity (Wildman–Crippen MR) is 70.0 cm³/mol. The summed E-state index contributed by atoms with van der Waals surface area (Å²) in [5.74, 6) is 0.602. The maximum absolute atomic E-state index is 11.7. The molecule has 0 aliphatic carbocycles. The summed E-state index contributed by atoms with van der Waals surface area (Å²) >= 11 is 1.10. The summed E-state index contributed by atoms with van der Waals surface area (Å²) in [5.41, 5.74) is 5.23. The van der Waals surface area contributed by atoms with Gasteiger partial charge in [-0.2, -0.15) is 8.42 Å². The first kappa shape index (κ1) is 14.5. The third kappa shape index (κ3) is 3.70. The van der Waals surface area contributed by atoms with Crippen molar-refractivity contribution in [3.05, 3.63) is 34.4 Å². The summed E-state index contributed by atoms with van der Waals surface area (Å²) in [6.07, 6.45) is 0. The van der Waals surface area contributed by atoms with Gasteiger partial charge in [0.2, 0.25) is 0 Å². The van der Waals surface area contributed by atoms with E-state index in [1.54, 1.807) is 0 Å². The quantitative estimate of drug-likeness (QED) is 0.387. The summed E-state index contributed by atoms with van der Waals surface area (Å²) in [5, 5.41) is 10.4. The number of nitrogens with two attached hydrogens (primary N) is 1. The van der Waals surface area contributed by atoms with Crippen molar-refractivity contribution in [3.8, 4) is 0 Å². The van der Waals surface area contributed by atoms with E-state index in [-0.39, 0.29) is 15.8 Å². The highest BCUT2D eigenvalue weighted by molar-refractivity contribution is 8.14. The molecule has 0 unspecified atom stereocenters. The Morgan fingerprint density at radius 3 is 2.44 bits per heavy atom. The van der Waals surface area contributed by atoms with Crippen LogP contribution in [0.15, 0.2) is 33.6 Å². The number of sulfonamides is 1. The van der Waals surface area contributed by atoms with Crippen LogP contribution >= 0.6 is 11.8 Å². The van der Waals surface area contributed by atoms with E-state index in [2.05, 4.69) is 4.40 Å². The molecule has 0 aliphatic rings. The van der Waals surface area contributed by atoms with Crippen LogP contribution in [0, 0.1) is 10.1 Å². The van der Waals surface area contributed by atoms with Crippen LogP contribution in [0.1, 0.15) is 6.92 Å². The minimum Gasteiger partial charge on any atom is -0.378 e. The number of rotatable bonds is 4. The van der Waals surface area contributed by atoms with Crippen molar-refractivity contribution in [1.29, 1.82) is 0 Å². The van der Waals surface area contributed by atoms with Crippen molar-refractivity contribution in [3.63, 3.8) is 0 Å². The number of hydrogen-bond acceptors (Lipinski definition) is 5. The highest BCUT2D eigenvalue weighted by atomic mass is 32.2. The van der Waals surface area contributed by atoms with Crippen LogP contribution in [0.2, 0.25) is 0 Å². The lowest BCUT2D eigenvalue weighted by Gasteiger charge is -2.00. The van der Waals surface area contributed by atoms with E-state index in [1.807, 2.05) is 6.92 Å². The normalized spacial score (nSPS) is 12.4. The zero-order valence-corrected chi connectivity index (χ0v) is 11.1. The molecule has 1 aromatic carbocycles. The zero-order chi connectivity index (χ0) is 13.8. The molecule has 0 amide bonds. The number of non-ortho nitro benzene ring substituents is 1. The van der Waals surface area contributed by atoms with Crippen molar-refractivity contribution < 1.29 is 13.3 Å². The summed E-state index contributed by atoms with van der Waals surface area (Å²) < 4.78 is 26.9. The van der Waals surface area contributed by atoms with Gasteiger partial charge in [-0.15, -0.1) is 4.40 Å². The lowest BCUT2D eigenvalue weighted by Crippen LogP contribution is -2.11. The molecule has 0 radical (unpaired) electrons. The molecule has 98 valence electrons. The third-order valence-electron chi connectivity index (χ3n) is 1.85. The molecule has 0 saturated carbocycles. The van der Waals surface area contributed by atoms with Gasteiger partial charge in [0.25, 0.3) is 15.7 Å². The second-order valence-corrected chi connectivity index (χ2v) is 5.98. The van der Waals surface area contributed by atoms with Gasteiger partial charge < -0.3 is 5.73 Å². The number of nitro benzene ring substituents is 1. The number of amidine groups is 1. The molecule has 18 heavy (non-hydrogen) atoms. The summed E-state index contributed by atoms with van der Waals surface area (Å²) in [4.78, 5) is 9.69. The maximum atomic E-state index is 11.7. The smallest absolute Gasteiger partial charge is 0.284 e. The standard InChI is InChI=1S/C9H11N3O4S2/c1-2-17-9(10)11-18(15,16)8-5-3-7(4-6-8)12(13)14/h3-6H,2H2,1H3,(H2,10,11). The zero-order valence-electron chi connectivity index (χ0n) is 9.44. The Morgan fingerprint density at radius 2 is 2.00 bits per heavy atom. The van der Waals surface area contributed by atoms with Crippen LogP contribution in [-0.4, -0.2) is 24.3 Å². The topological polar surface area (TPSA) is 116 Å². The van der Waals surface area contributed by atoms with Crippen LogP contribution in [0.25, 0.3) is 0 Å². The first-order chi connectivity index (χ1) is 8.36. The number of nitro groups is 1. The van der Waals surface area contributed by atoms with Crippen LogP contribution in [0.4, 0.5) is 5.69 Å². The van der Waals surface area contributed by atoms with E-state index in [0.717, 1.165) is 36.0 Å². The van der Waals surface area contributed by atoms with Crippen molar-refractivity contribution in [1.82, 2.24) is 0 Å². The molecule has 0 bridgehead atoms. The van der Waals surface area contributed by atoms with E-state index >= 15 is 0 Å². The fraction of sp³-hybridized carbons (Fsp3) is 0.222. The lowest BCUT2D eigenvalue weighted by molar-refractivity contribution is -0.384. The molecule has 0 fully saturated rings. The second kappa shape index (κ2) is 5.83. The largest absolute Gasteiger partial charge is 0.378 e. The average molecular weight is 289 g/mol. The van der Waals surface area contributed by atoms with E-state index in [9.17, 15) is 18.5 Å². The third-order valence-corrected chi connectivity index (χ3v) is 3.94. The second-order valence-electron chi connectivity index (χ2n) is 3.09. The minimum atomic E-state index is -3.90. The molecule has 0 spiro atoms. The van der Waals surface area contributed by atoms with E-state index in [0.29, 0.717) is 5.75 Å². The van der Waals surface area contributed by atoms with Crippen molar-refractivity contribution >= 4 is 32.6 Å². The number of nitrogens with zero attached hydrogens (tertiary/aromatic N) is 2.